The van der Waals surface area contributed by atoms with Gasteiger partial charge in [-0.3, -0.25) is 9.59 Å². The van der Waals surface area contributed by atoms with Gasteiger partial charge in [0.2, 0.25) is 11.8 Å². The van der Waals surface area contributed by atoms with Gasteiger partial charge in [0.1, 0.15) is 17.1 Å². The van der Waals surface area contributed by atoms with Crippen molar-refractivity contribution in [2.45, 2.75) is 25.2 Å². The Morgan fingerprint density at radius 2 is 2.35 bits per heavy atom. The summed E-state index contributed by atoms with van der Waals surface area (Å²) in [6.45, 7) is 3.59. The molecule has 2 amide bonds. The van der Waals surface area contributed by atoms with Gasteiger partial charge in [-0.2, -0.15) is 0 Å². The van der Waals surface area contributed by atoms with E-state index in [1.807, 2.05) is 19.1 Å². The minimum Gasteiger partial charge on any atom is -0.383 e. The van der Waals surface area contributed by atoms with Gasteiger partial charge in [0.25, 0.3) is 0 Å². The number of ether oxygens (including phenoxy) is 2. The normalized spacial score (nSPS) is 31.7. The van der Waals surface area contributed by atoms with Gasteiger partial charge in [-0.1, -0.05) is 17.3 Å². The monoisotopic (exact) mass is 361 g/mol. The Kier molecular flexibility index (Phi) is 4.11. The van der Waals surface area contributed by atoms with Crippen molar-refractivity contribution >= 4 is 11.8 Å². The molecule has 2 bridgehead atoms. The smallest absolute Gasteiger partial charge is 0.230 e. The lowest BCUT2D eigenvalue weighted by atomic mass is 9.76. The predicted molar refractivity (Wildman–Crippen MR) is 89.9 cm³/mol. The van der Waals surface area contributed by atoms with E-state index in [9.17, 15) is 9.59 Å². The van der Waals surface area contributed by atoms with Crippen LogP contribution in [0.4, 0.5) is 0 Å². The summed E-state index contributed by atoms with van der Waals surface area (Å²) >= 11 is 0. The van der Waals surface area contributed by atoms with E-state index in [0.29, 0.717) is 37.7 Å². The number of likely N-dealkylation sites (tertiary alicyclic amines) is 1. The number of hydrogen-bond donors (Lipinski definition) is 0. The predicted octanol–water partition coefficient (Wildman–Crippen LogP) is 0.370. The van der Waals surface area contributed by atoms with Gasteiger partial charge < -0.3 is 23.8 Å². The third-order valence-electron chi connectivity index (χ3n) is 5.48. The van der Waals surface area contributed by atoms with Crippen molar-refractivity contribution in [3.63, 3.8) is 0 Å². The number of methoxy groups -OCH3 is 1. The van der Waals surface area contributed by atoms with Crippen molar-refractivity contribution in [2.75, 3.05) is 33.9 Å². The Bertz CT molecular complexity index is 760. The Morgan fingerprint density at radius 1 is 1.54 bits per heavy atom. The van der Waals surface area contributed by atoms with Crippen LogP contribution in [-0.4, -0.2) is 72.3 Å². The zero-order valence-electron chi connectivity index (χ0n) is 15.2. The third-order valence-corrected chi connectivity index (χ3v) is 5.48. The number of carbonyl (C=O) groups is 2. The molecule has 0 radical (unpaired) electrons. The third kappa shape index (κ3) is 2.55. The fourth-order valence-corrected chi connectivity index (χ4v) is 4.32. The number of rotatable bonds is 6. The van der Waals surface area contributed by atoms with E-state index in [2.05, 4.69) is 5.16 Å². The number of aryl methyl sites for hydroxylation is 1. The van der Waals surface area contributed by atoms with Crippen LogP contribution in [0.25, 0.3) is 0 Å². The van der Waals surface area contributed by atoms with Crippen molar-refractivity contribution in [1.82, 2.24) is 15.0 Å². The molecule has 1 aromatic heterocycles. The molecule has 4 heterocycles. The number of aromatic nitrogens is 1. The van der Waals surface area contributed by atoms with Gasteiger partial charge in [-0.25, -0.2) is 0 Å². The maximum atomic E-state index is 13.1. The summed E-state index contributed by atoms with van der Waals surface area (Å²) in [5.41, 5.74) is 0.00775. The highest BCUT2D eigenvalue weighted by molar-refractivity contribution is 5.93. The van der Waals surface area contributed by atoms with Gasteiger partial charge in [-0.05, 0) is 6.92 Å². The number of carbonyl (C=O) groups excluding carboxylic acids is 2. The molecule has 0 aliphatic carbocycles. The average molecular weight is 361 g/mol. The molecule has 140 valence electrons. The highest BCUT2D eigenvalue weighted by Gasteiger charge is 2.66. The van der Waals surface area contributed by atoms with Gasteiger partial charge in [0, 0.05) is 26.8 Å². The molecule has 2 fully saturated rings. The Morgan fingerprint density at radius 3 is 3.04 bits per heavy atom. The van der Waals surface area contributed by atoms with E-state index in [4.69, 9.17) is 14.0 Å². The number of hydrogen-bond acceptors (Lipinski definition) is 6. The van der Waals surface area contributed by atoms with Crippen LogP contribution in [0.2, 0.25) is 0 Å². The van der Waals surface area contributed by atoms with Crippen LogP contribution < -0.4 is 0 Å². The maximum absolute atomic E-state index is 13.1. The van der Waals surface area contributed by atoms with Crippen LogP contribution in [-0.2, 0) is 25.6 Å². The van der Waals surface area contributed by atoms with Gasteiger partial charge in [-0.15, -0.1) is 0 Å². The molecule has 3 aliphatic rings. The molecular weight excluding hydrogens is 338 g/mol. The lowest BCUT2D eigenvalue weighted by molar-refractivity contribution is -0.142. The molecule has 8 heteroatoms. The zero-order chi connectivity index (χ0) is 18.5. The van der Waals surface area contributed by atoms with Crippen LogP contribution in [0.3, 0.4) is 0 Å². The summed E-state index contributed by atoms with van der Waals surface area (Å²) in [6.07, 6.45) is 3.53. The van der Waals surface area contributed by atoms with E-state index in [0.717, 1.165) is 0 Å². The molecule has 4 rings (SSSR count). The van der Waals surface area contributed by atoms with Gasteiger partial charge >= 0.3 is 0 Å². The first-order valence-corrected chi connectivity index (χ1v) is 8.77. The first kappa shape index (κ1) is 17.2. The molecule has 0 unspecified atom stereocenters. The van der Waals surface area contributed by atoms with E-state index >= 15 is 0 Å². The Balaban J connectivity index is 1.52. The lowest BCUT2D eigenvalue weighted by Crippen LogP contribution is -2.44. The molecule has 0 saturated carbocycles. The highest BCUT2D eigenvalue weighted by atomic mass is 16.5. The Labute approximate surface area is 151 Å². The zero-order valence-corrected chi connectivity index (χ0v) is 15.2. The molecule has 4 atom stereocenters. The topological polar surface area (TPSA) is 85.1 Å². The second-order valence-electron chi connectivity index (χ2n) is 7.28. The van der Waals surface area contributed by atoms with Crippen molar-refractivity contribution in [3.05, 3.63) is 29.7 Å². The molecule has 3 aliphatic heterocycles. The second-order valence-corrected chi connectivity index (χ2v) is 7.28. The van der Waals surface area contributed by atoms with Crippen LogP contribution in [0.5, 0.6) is 0 Å². The van der Waals surface area contributed by atoms with Crippen molar-refractivity contribution in [3.8, 4) is 0 Å². The van der Waals surface area contributed by atoms with Crippen LogP contribution in [0.1, 0.15) is 11.5 Å². The lowest BCUT2D eigenvalue weighted by Gasteiger charge is -2.27. The van der Waals surface area contributed by atoms with Crippen molar-refractivity contribution < 1.29 is 23.6 Å². The minimum absolute atomic E-state index is 0.0297. The molecular formula is C18H23N3O5. The van der Waals surface area contributed by atoms with Gasteiger partial charge in [0.05, 0.1) is 37.6 Å². The molecule has 26 heavy (non-hydrogen) atoms. The van der Waals surface area contributed by atoms with E-state index in [-0.39, 0.29) is 17.9 Å². The summed E-state index contributed by atoms with van der Waals surface area (Å²) in [6, 6.07) is 1.80. The molecule has 2 saturated heterocycles. The summed E-state index contributed by atoms with van der Waals surface area (Å²) in [5, 5.41) is 3.94. The number of fused-ring (bicyclic) bond motifs is 1. The highest BCUT2D eigenvalue weighted by Crippen LogP contribution is 2.52. The largest absolute Gasteiger partial charge is 0.383 e. The SMILES string of the molecule is COCCN1C[C@]23C=C[C@H](O2)[C@H](C(=O)N(C)Cc2cc(C)on2)[C@@H]3C1=O. The van der Waals surface area contributed by atoms with E-state index in [1.54, 1.807) is 30.0 Å². The summed E-state index contributed by atoms with van der Waals surface area (Å²) in [5.74, 6) is -0.404. The minimum atomic E-state index is -0.679. The molecule has 0 aromatic carbocycles. The summed E-state index contributed by atoms with van der Waals surface area (Å²) in [4.78, 5) is 29.4. The van der Waals surface area contributed by atoms with Crippen LogP contribution in [0, 0.1) is 18.8 Å². The molecule has 8 nitrogen and oxygen atoms in total. The molecule has 1 aromatic rings. The number of nitrogens with zero attached hydrogens (tertiary/aromatic N) is 3. The fourth-order valence-electron chi connectivity index (χ4n) is 4.32. The fraction of sp³-hybridized carbons (Fsp3) is 0.611. The first-order chi connectivity index (χ1) is 12.4. The first-order valence-electron chi connectivity index (χ1n) is 8.77. The molecule has 1 spiro atoms. The maximum Gasteiger partial charge on any atom is 0.230 e. The van der Waals surface area contributed by atoms with Crippen molar-refractivity contribution in [2.24, 2.45) is 11.8 Å². The van der Waals surface area contributed by atoms with Crippen LogP contribution >= 0.6 is 0 Å². The number of amides is 2. The van der Waals surface area contributed by atoms with E-state index < -0.39 is 17.4 Å². The summed E-state index contributed by atoms with van der Waals surface area (Å²) < 4.78 is 16.3. The van der Waals surface area contributed by atoms with E-state index in [1.165, 1.54) is 0 Å². The molecule has 0 N–H and O–H groups in total. The Hall–Kier alpha value is -2.19. The average Bonchev–Trinajstić information content (AvgIpc) is 3.34. The quantitative estimate of drug-likeness (QED) is 0.681. The summed E-state index contributed by atoms with van der Waals surface area (Å²) in [7, 11) is 3.32. The second kappa shape index (κ2) is 6.21. The van der Waals surface area contributed by atoms with Gasteiger partial charge in [0.15, 0.2) is 0 Å². The van der Waals surface area contributed by atoms with Crippen molar-refractivity contribution in [1.29, 1.82) is 0 Å². The standard InChI is InChI=1S/C18H23N3O5/c1-11-8-12(19-26-11)9-20(2)16(22)14-13-4-5-18(25-13)10-21(6-7-24-3)17(23)15(14)18/h4-5,8,13-15H,6-7,9-10H2,1-3H3/t13-,14-,15+,18-/m0/s1. The van der Waals surface area contributed by atoms with Crippen LogP contribution in [0.15, 0.2) is 22.7 Å².